The molecule has 8 heteroatoms. The molecule has 0 saturated carbocycles. The predicted molar refractivity (Wildman–Crippen MR) is 97.5 cm³/mol. The van der Waals surface area contributed by atoms with E-state index >= 15 is 0 Å². The van der Waals surface area contributed by atoms with E-state index in [0.717, 1.165) is 11.4 Å². The molecule has 0 unspecified atom stereocenters. The maximum atomic E-state index is 12.3. The van der Waals surface area contributed by atoms with Gasteiger partial charge in [0.2, 0.25) is 15.9 Å². The number of nitrogens with one attached hydrogen (secondary N) is 1. The second-order valence-corrected chi connectivity index (χ2v) is 7.81. The van der Waals surface area contributed by atoms with Crippen molar-refractivity contribution in [3.8, 4) is 5.75 Å². The van der Waals surface area contributed by atoms with Crippen LogP contribution in [0.25, 0.3) is 0 Å². The number of pyridine rings is 1. The van der Waals surface area contributed by atoms with Crippen molar-refractivity contribution in [2.24, 2.45) is 5.92 Å². The molecule has 26 heavy (non-hydrogen) atoms. The van der Waals surface area contributed by atoms with E-state index in [1.165, 1.54) is 18.5 Å². The summed E-state index contributed by atoms with van der Waals surface area (Å²) in [5, 5.41) is 0. The van der Waals surface area contributed by atoms with E-state index in [9.17, 15) is 13.2 Å². The molecule has 1 aromatic heterocycles. The number of carbonyl (C=O) groups is 1. The van der Waals surface area contributed by atoms with Crippen LogP contribution in [0.1, 0.15) is 13.3 Å². The summed E-state index contributed by atoms with van der Waals surface area (Å²) in [6, 6.07) is 10.4. The molecule has 0 aliphatic carbocycles. The third-order valence-corrected chi connectivity index (χ3v) is 5.58. The molecule has 1 fully saturated rings. The number of aromatic nitrogens is 1. The number of benzene rings is 1. The van der Waals surface area contributed by atoms with Crippen molar-refractivity contribution in [3.63, 3.8) is 0 Å². The molecule has 2 aromatic rings. The number of hydrogen-bond donors (Lipinski definition) is 1. The molecule has 1 aliphatic heterocycles. The maximum absolute atomic E-state index is 12.3. The topological polar surface area (TPSA) is 88.6 Å². The van der Waals surface area contributed by atoms with Crippen LogP contribution in [0, 0.1) is 5.92 Å². The number of rotatable bonds is 7. The maximum Gasteiger partial charge on any atom is 0.242 e. The van der Waals surface area contributed by atoms with E-state index in [0.29, 0.717) is 19.6 Å². The fourth-order valence-electron chi connectivity index (χ4n) is 2.87. The molecule has 3 rings (SSSR count). The summed E-state index contributed by atoms with van der Waals surface area (Å²) in [7, 11) is -3.62. The largest absolute Gasteiger partial charge is 0.494 e. The molecule has 1 atom stereocenters. The second kappa shape index (κ2) is 7.84. The molecule has 7 nitrogen and oxygen atoms in total. The number of anilines is 1. The van der Waals surface area contributed by atoms with Gasteiger partial charge in [-0.1, -0.05) is 0 Å². The molecule has 1 aliphatic rings. The fraction of sp³-hybridized carbons (Fsp3) is 0.333. The fourth-order valence-corrected chi connectivity index (χ4v) is 3.95. The van der Waals surface area contributed by atoms with E-state index in [-0.39, 0.29) is 23.3 Å². The third kappa shape index (κ3) is 4.20. The molecular weight excluding hydrogens is 354 g/mol. The molecule has 0 radical (unpaired) electrons. The number of carbonyl (C=O) groups excluding carboxylic acids is 1. The molecule has 138 valence electrons. The summed E-state index contributed by atoms with van der Waals surface area (Å²) >= 11 is 0. The molecule has 2 heterocycles. The number of hydrogen-bond acceptors (Lipinski definition) is 5. The first-order valence-corrected chi connectivity index (χ1v) is 9.91. The zero-order valence-corrected chi connectivity index (χ0v) is 15.3. The molecule has 0 bridgehead atoms. The highest BCUT2D eigenvalue weighted by Gasteiger charge is 2.31. The Morgan fingerprint density at radius 3 is 2.69 bits per heavy atom. The molecular formula is C18H21N3O4S. The van der Waals surface area contributed by atoms with Gasteiger partial charge in [0, 0.05) is 37.6 Å². The minimum absolute atomic E-state index is 0.0141. The number of sulfonamides is 1. The lowest BCUT2D eigenvalue weighted by molar-refractivity contribution is -0.117. The van der Waals surface area contributed by atoms with Gasteiger partial charge in [0.15, 0.2) is 0 Å². The molecule has 0 spiro atoms. The van der Waals surface area contributed by atoms with Crippen LogP contribution in [0.15, 0.2) is 53.7 Å². The molecule has 1 saturated heterocycles. The van der Waals surface area contributed by atoms with Crippen molar-refractivity contribution in [1.29, 1.82) is 0 Å². The minimum atomic E-state index is -3.62. The van der Waals surface area contributed by atoms with Crippen LogP contribution in [-0.4, -0.2) is 39.0 Å². The quantitative estimate of drug-likeness (QED) is 0.797. The number of amides is 1. The summed E-state index contributed by atoms with van der Waals surface area (Å²) in [6.07, 6.45) is 3.13. The Morgan fingerprint density at radius 1 is 1.27 bits per heavy atom. The Balaban J connectivity index is 1.61. The number of ether oxygens (including phenoxy) is 1. The summed E-state index contributed by atoms with van der Waals surface area (Å²) in [5.74, 6) is 0.656. The average Bonchev–Trinajstić information content (AvgIpc) is 3.03. The summed E-state index contributed by atoms with van der Waals surface area (Å²) in [5.41, 5.74) is 0.788. The van der Waals surface area contributed by atoms with Crippen molar-refractivity contribution >= 4 is 21.6 Å². The highest BCUT2D eigenvalue weighted by atomic mass is 32.2. The highest BCUT2D eigenvalue weighted by Crippen LogP contribution is 2.26. The van der Waals surface area contributed by atoms with Gasteiger partial charge in [0.1, 0.15) is 10.6 Å². The SMILES string of the molecule is CCOc1ccc(N2C[C@@H](CNS(=O)(=O)c3cccnc3)CC2=O)cc1. The lowest BCUT2D eigenvalue weighted by Gasteiger charge is -2.17. The monoisotopic (exact) mass is 375 g/mol. The third-order valence-electron chi connectivity index (χ3n) is 4.17. The van der Waals surface area contributed by atoms with Crippen LogP contribution in [0.5, 0.6) is 5.75 Å². The number of nitrogens with zero attached hydrogens (tertiary/aromatic N) is 2. The summed E-state index contributed by atoms with van der Waals surface area (Å²) in [6.45, 7) is 3.18. The van der Waals surface area contributed by atoms with Crippen molar-refractivity contribution in [2.75, 3.05) is 24.6 Å². The van der Waals surface area contributed by atoms with Gasteiger partial charge in [-0.05, 0) is 49.2 Å². The molecule has 1 aromatic carbocycles. The Hall–Kier alpha value is -2.45. The Kier molecular flexibility index (Phi) is 5.53. The van der Waals surface area contributed by atoms with E-state index in [4.69, 9.17) is 4.74 Å². The van der Waals surface area contributed by atoms with Gasteiger partial charge < -0.3 is 9.64 Å². The van der Waals surface area contributed by atoms with Crippen LogP contribution < -0.4 is 14.4 Å². The average molecular weight is 375 g/mol. The Bertz CT molecular complexity index is 854. The van der Waals surface area contributed by atoms with Crippen LogP contribution in [0.2, 0.25) is 0 Å². The van der Waals surface area contributed by atoms with Crippen LogP contribution in [-0.2, 0) is 14.8 Å². The Labute approximate surface area is 153 Å². The first kappa shape index (κ1) is 18.3. The standard InChI is InChI=1S/C18H21N3O4S/c1-2-25-16-7-5-15(6-8-16)21-13-14(10-18(21)22)11-20-26(23,24)17-4-3-9-19-12-17/h3-9,12,14,20H,2,10-11,13H2,1H3/t14-/m1/s1. The summed E-state index contributed by atoms with van der Waals surface area (Å²) < 4.78 is 32.5. The Morgan fingerprint density at radius 2 is 2.04 bits per heavy atom. The lowest BCUT2D eigenvalue weighted by Crippen LogP contribution is -2.31. The van der Waals surface area contributed by atoms with Gasteiger partial charge in [0.05, 0.1) is 6.61 Å². The van der Waals surface area contributed by atoms with Gasteiger partial charge in [-0.3, -0.25) is 9.78 Å². The molecule has 1 amide bonds. The lowest BCUT2D eigenvalue weighted by atomic mass is 10.1. The normalized spacial score (nSPS) is 17.5. The van der Waals surface area contributed by atoms with Crippen LogP contribution in [0.4, 0.5) is 5.69 Å². The van der Waals surface area contributed by atoms with Crippen LogP contribution >= 0.6 is 0 Å². The highest BCUT2D eigenvalue weighted by molar-refractivity contribution is 7.89. The minimum Gasteiger partial charge on any atom is -0.494 e. The smallest absolute Gasteiger partial charge is 0.242 e. The van der Waals surface area contributed by atoms with Crippen molar-refractivity contribution in [1.82, 2.24) is 9.71 Å². The zero-order chi connectivity index (χ0) is 18.6. The van der Waals surface area contributed by atoms with Crippen molar-refractivity contribution in [3.05, 3.63) is 48.8 Å². The van der Waals surface area contributed by atoms with Gasteiger partial charge in [0.25, 0.3) is 0 Å². The first-order valence-electron chi connectivity index (χ1n) is 8.42. The predicted octanol–water partition coefficient (Wildman–Crippen LogP) is 1.81. The van der Waals surface area contributed by atoms with E-state index < -0.39 is 10.0 Å². The summed E-state index contributed by atoms with van der Waals surface area (Å²) in [4.78, 5) is 17.9. The van der Waals surface area contributed by atoms with Crippen molar-refractivity contribution in [2.45, 2.75) is 18.2 Å². The van der Waals surface area contributed by atoms with Gasteiger partial charge in [-0.15, -0.1) is 0 Å². The van der Waals surface area contributed by atoms with Crippen molar-refractivity contribution < 1.29 is 17.9 Å². The van der Waals surface area contributed by atoms with Gasteiger partial charge in [-0.2, -0.15) is 0 Å². The van der Waals surface area contributed by atoms with E-state index in [1.807, 2.05) is 31.2 Å². The second-order valence-electron chi connectivity index (χ2n) is 6.04. The zero-order valence-electron chi connectivity index (χ0n) is 14.5. The van der Waals surface area contributed by atoms with Gasteiger partial charge >= 0.3 is 0 Å². The van der Waals surface area contributed by atoms with E-state index in [1.54, 1.807) is 11.0 Å². The van der Waals surface area contributed by atoms with E-state index in [2.05, 4.69) is 9.71 Å². The van der Waals surface area contributed by atoms with Gasteiger partial charge in [-0.25, -0.2) is 13.1 Å². The molecule has 1 N–H and O–H groups in total. The first-order chi connectivity index (χ1) is 12.5. The van der Waals surface area contributed by atoms with Crippen LogP contribution in [0.3, 0.4) is 0 Å².